The molecule has 3 aromatic heterocycles. The molecule has 7 aromatic carbocycles. The Hall–Kier alpha value is -7.15. The van der Waals surface area contributed by atoms with E-state index in [0.717, 1.165) is 56.1 Å². The number of pyridine rings is 1. The van der Waals surface area contributed by atoms with Crippen LogP contribution in [0.3, 0.4) is 0 Å². The third-order valence-corrected chi connectivity index (χ3v) is 11.9. The number of rotatable bonds is 6. The summed E-state index contributed by atoms with van der Waals surface area (Å²) in [6.07, 6.45) is -0.251. The molecule has 10 aromatic rings. The molecule has 0 aliphatic carbocycles. The molecule has 5 nitrogen and oxygen atoms in total. The van der Waals surface area contributed by atoms with Gasteiger partial charge in [-0.2, -0.15) is 0 Å². The van der Waals surface area contributed by atoms with Crippen molar-refractivity contribution < 1.29 is 0 Å². The number of nitrogens with zero attached hydrogens (tertiary/aromatic N) is 4. The van der Waals surface area contributed by atoms with Crippen molar-refractivity contribution in [2.24, 2.45) is 9.98 Å². The lowest BCUT2D eigenvalue weighted by atomic mass is 10.0. The molecule has 11 rings (SSSR count). The number of thiophene rings is 1. The highest BCUT2D eigenvalue weighted by Crippen LogP contribution is 2.47. The zero-order valence-electron chi connectivity index (χ0n) is 30.2. The normalized spacial score (nSPS) is 14.2. The van der Waals surface area contributed by atoms with Crippen LogP contribution in [0.15, 0.2) is 198 Å². The van der Waals surface area contributed by atoms with E-state index in [2.05, 4.69) is 162 Å². The molecule has 1 aliphatic heterocycles. The van der Waals surface area contributed by atoms with Gasteiger partial charge in [0.25, 0.3) is 0 Å². The number of aromatic nitrogens is 2. The van der Waals surface area contributed by atoms with Crippen LogP contribution in [-0.4, -0.2) is 21.2 Å². The monoisotopic (exact) mass is 735 g/mol. The first-order chi connectivity index (χ1) is 27.8. The fraction of sp³-hybridized carbons (Fsp3) is 0.0200. The van der Waals surface area contributed by atoms with Gasteiger partial charge in [-0.05, 0) is 47.0 Å². The van der Waals surface area contributed by atoms with E-state index >= 15 is 0 Å². The van der Waals surface area contributed by atoms with E-state index < -0.39 is 0 Å². The van der Waals surface area contributed by atoms with Gasteiger partial charge in [-0.1, -0.05) is 158 Å². The van der Waals surface area contributed by atoms with Gasteiger partial charge in [-0.25, -0.2) is 15.0 Å². The van der Waals surface area contributed by atoms with Crippen molar-refractivity contribution >= 4 is 65.1 Å². The Balaban J connectivity index is 1.03. The topological polar surface area (TPSA) is 54.6 Å². The number of para-hydroxylation sites is 2. The second-order valence-corrected chi connectivity index (χ2v) is 15.1. The molecular formula is C50H33N5S. The molecule has 1 atom stereocenters. The number of hydrogen-bond acceptors (Lipinski definition) is 5. The third-order valence-electron chi connectivity index (χ3n) is 10.6. The van der Waals surface area contributed by atoms with Gasteiger partial charge in [0.1, 0.15) is 12.0 Å². The Labute approximate surface area is 327 Å². The Bertz CT molecular complexity index is 3140. The van der Waals surface area contributed by atoms with Gasteiger partial charge in [0.2, 0.25) is 0 Å². The summed E-state index contributed by atoms with van der Waals surface area (Å²) in [5, 5.41) is 7.24. The zero-order chi connectivity index (χ0) is 37.0. The van der Waals surface area contributed by atoms with Gasteiger partial charge in [-0.15, -0.1) is 11.3 Å². The van der Waals surface area contributed by atoms with Crippen molar-refractivity contribution in [3.8, 4) is 28.1 Å². The molecular weight excluding hydrogens is 703 g/mol. The Kier molecular flexibility index (Phi) is 7.67. The summed E-state index contributed by atoms with van der Waals surface area (Å²) in [7, 11) is 0. The van der Waals surface area contributed by atoms with Gasteiger partial charge in [-0.3, -0.25) is 0 Å². The van der Waals surface area contributed by atoms with Gasteiger partial charge in [0, 0.05) is 43.2 Å². The fourth-order valence-corrected chi connectivity index (χ4v) is 9.34. The summed E-state index contributed by atoms with van der Waals surface area (Å²) in [5.41, 5.74) is 12.0. The van der Waals surface area contributed by atoms with Gasteiger partial charge in [0.15, 0.2) is 5.84 Å². The lowest BCUT2D eigenvalue weighted by Crippen LogP contribution is -2.33. The summed E-state index contributed by atoms with van der Waals surface area (Å²) < 4.78 is 4.97. The largest absolute Gasteiger partial charge is 0.344 e. The van der Waals surface area contributed by atoms with Crippen LogP contribution >= 0.6 is 11.3 Å². The average Bonchev–Trinajstić information content (AvgIpc) is 3.83. The van der Waals surface area contributed by atoms with Crippen LogP contribution in [0.25, 0.3) is 70.2 Å². The lowest BCUT2D eigenvalue weighted by Gasteiger charge is -2.24. The number of nitrogens with one attached hydrogen (secondary N) is 1. The van der Waals surface area contributed by atoms with Crippen molar-refractivity contribution in [2.75, 3.05) is 0 Å². The highest BCUT2D eigenvalue weighted by atomic mass is 32.1. The van der Waals surface area contributed by atoms with Crippen molar-refractivity contribution in [2.45, 2.75) is 6.17 Å². The van der Waals surface area contributed by atoms with Gasteiger partial charge in [0.05, 0.1) is 26.9 Å². The van der Waals surface area contributed by atoms with Crippen LogP contribution in [0.2, 0.25) is 0 Å². The summed E-state index contributed by atoms with van der Waals surface area (Å²) in [5.74, 6) is 1.51. The smallest absolute Gasteiger partial charge is 0.159 e. The molecule has 56 heavy (non-hydrogen) atoms. The van der Waals surface area contributed by atoms with Crippen LogP contribution in [0, 0.1) is 0 Å². The first kappa shape index (κ1) is 32.3. The Morgan fingerprint density at radius 3 is 1.95 bits per heavy atom. The van der Waals surface area contributed by atoms with Crippen LogP contribution in [0.4, 0.5) is 0 Å². The lowest BCUT2D eigenvalue weighted by molar-refractivity contribution is 0.674. The Morgan fingerprint density at radius 2 is 1.16 bits per heavy atom. The molecule has 0 amide bonds. The summed E-state index contributed by atoms with van der Waals surface area (Å²) >= 11 is 1.87. The predicted octanol–water partition coefficient (Wildman–Crippen LogP) is 12.4. The molecule has 0 bridgehead atoms. The minimum atomic E-state index is -0.251. The van der Waals surface area contributed by atoms with Crippen molar-refractivity contribution in [1.82, 2.24) is 14.9 Å². The Morgan fingerprint density at radius 1 is 0.518 bits per heavy atom. The number of aliphatic imine (C=N–C) groups is 2. The SMILES string of the molecule is c1ccc(C2=NC(c3ccccc3)NC(c3cccc(-c4ccc(-n5c6ccccc6c6sc7c8ccccc8nc(-c8ccccc8)c7c65)cc4)c3)=N2)cc1. The molecule has 0 radical (unpaired) electrons. The number of hydrogen-bond donors (Lipinski definition) is 1. The van der Waals surface area contributed by atoms with E-state index in [1.807, 2.05) is 47.7 Å². The highest BCUT2D eigenvalue weighted by molar-refractivity contribution is 7.27. The van der Waals surface area contributed by atoms with Crippen LogP contribution in [0.5, 0.6) is 0 Å². The number of benzene rings is 7. The van der Waals surface area contributed by atoms with Crippen LogP contribution < -0.4 is 5.32 Å². The predicted molar refractivity (Wildman–Crippen MR) is 234 cm³/mol. The van der Waals surface area contributed by atoms with Crippen molar-refractivity contribution in [3.05, 3.63) is 205 Å². The third kappa shape index (κ3) is 5.42. The zero-order valence-corrected chi connectivity index (χ0v) is 31.0. The van der Waals surface area contributed by atoms with Crippen molar-refractivity contribution in [1.29, 1.82) is 0 Å². The quantitative estimate of drug-likeness (QED) is 0.185. The average molecular weight is 736 g/mol. The minimum Gasteiger partial charge on any atom is -0.344 e. The second kappa shape index (κ2) is 13.3. The van der Waals surface area contributed by atoms with E-state index in [1.165, 1.54) is 36.6 Å². The van der Waals surface area contributed by atoms with E-state index in [9.17, 15) is 0 Å². The minimum absolute atomic E-state index is 0.251. The van der Waals surface area contributed by atoms with E-state index in [-0.39, 0.29) is 6.17 Å². The van der Waals surface area contributed by atoms with Crippen LogP contribution in [-0.2, 0) is 0 Å². The molecule has 264 valence electrons. The molecule has 1 N–H and O–H groups in total. The van der Waals surface area contributed by atoms with Crippen molar-refractivity contribution in [3.63, 3.8) is 0 Å². The number of fused-ring (bicyclic) bond motifs is 7. The van der Waals surface area contributed by atoms with Crippen LogP contribution in [0.1, 0.15) is 22.9 Å². The molecule has 1 aliphatic rings. The summed E-state index contributed by atoms with van der Waals surface area (Å²) in [6.45, 7) is 0. The maximum Gasteiger partial charge on any atom is 0.159 e. The first-order valence-corrected chi connectivity index (χ1v) is 19.6. The molecule has 1 unspecified atom stereocenters. The summed E-state index contributed by atoms with van der Waals surface area (Å²) in [6, 6.07) is 66.0. The first-order valence-electron chi connectivity index (χ1n) is 18.8. The molecule has 4 heterocycles. The van der Waals surface area contributed by atoms with E-state index in [0.29, 0.717) is 5.84 Å². The molecule has 0 saturated carbocycles. The maximum absolute atomic E-state index is 5.32. The number of amidine groups is 2. The fourth-order valence-electron chi connectivity index (χ4n) is 7.99. The van der Waals surface area contributed by atoms with E-state index in [4.69, 9.17) is 15.0 Å². The van der Waals surface area contributed by atoms with Gasteiger partial charge >= 0.3 is 0 Å². The molecule has 0 saturated heterocycles. The summed E-state index contributed by atoms with van der Waals surface area (Å²) in [4.78, 5) is 15.4. The highest BCUT2D eigenvalue weighted by Gasteiger charge is 2.24. The second-order valence-electron chi connectivity index (χ2n) is 14.0. The molecule has 6 heteroatoms. The standard InChI is InChI=1S/C50H33N5S/c1-4-15-33(16-5-1)44-43-45-47(56-46(43)39-23-10-12-25-41(39)51-44)40-24-11-13-26-42(40)55(45)38-29-27-32(28-30-38)36-21-14-22-37(31-36)50-53-48(34-17-6-2-7-18-34)52-49(54-50)35-19-8-3-9-20-35/h1-31,48H,(H,52,53,54). The van der Waals surface area contributed by atoms with Gasteiger partial charge < -0.3 is 9.88 Å². The molecule has 0 spiro atoms. The maximum atomic E-state index is 5.32. The molecule has 0 fully saturated rings. The van der Waals surface area contributed by atoms with E-state index in [1.54, 1.807) is 0 Å².